The summed E-state index contributed by atoms with van der Waals surface area (Å²) in [6.45, 7) is 5.82. The number of hydrogen-bond acceptors (Lipinski definition) is 4. The minimum absolute atomic E-state index is 0.181. The Labute approximate surface area is 137 Å². The molecule has 23 heavy (non-hydrogen) atoms. The lowest BCUT2D eigenvalue weighted by molar-refractivity contribution is -0.141. The molecule has 2 heterocycles. The minimum atomic E-state index is -4.49. The Morgan fingerprint density at radius 3 is 2.17 bits per heavy atom. The van der Waals surface area contributed by atoms with Crippen LogP contribution >= 0.6 is 11.6 Å². The van der Waals surface area contributed by atoms with Crippen LogP contribution in [-0.2, 0) is 12.6 Å². The molecule has 0 aromatic carbocycles. The van der Waals surface area contributed by atoms with Gasteiger partial charge in [-0.05, 0) is 5.92 Å². The van der Waals surface area contributed by atoms with E-state index < -0.39 is 11.9 Å². The van der Waals surface area contributed by atoms with E-state index in [0.29, 0.717) is 23.0 Å². The maximum absolute atomic E-state index is 12.5. The van der Waals surface area contributed by atoms with Gasteiger partial charge in [0, 0.05) is 18.5 Å². The summed E-state index contributed by atoms with van der Waals surface area (Å²) in [5.41, 5.74) is 0.862. The van der Waals surface area contributed by atoms with Gasteiger partial charge in [0.25, 0.3) is 0 Å². The number of rotatable bonds is 4. The van der Waals surface area contributed by atoms with E-state index in [9.17, 15) is 13.2 Å². The van der Waals surface area contributed by atoms with E-state index in [1.54, 1.807) is 6.20 Å². The summed E-state index contributed by atoms with van der Waals surface area (Å²) in [6.07, 6.45) is -0.564. The Kier molecular flexibility index (Phi) is 5.19. The summed E-state index contributed by atoms with van der Waals surface area (Å²) >= 11 is 6.06. The molecule has 124 valence electrons. The van der Waals surface area contributed by atoms with Gasteiger partial charge in [-0.25, -0.2) is 9.97 Å². The average Bonchev–Trinajstić information content (AvgIpc) is 2.48. The lowest BCUT2D eigenvalue weighted by Crippen LogP contribution is -2.11. The molecule has 8 heteroatoms. The van der Waals surface area contributed by atoms with Crippen LogP contribution in [0.4, 0.5) is 13.2 Å². The highest BCUT2D eigenvalue weighted by molar-refractivity contribution is 6.30. The molecular formula is C15H16ClF3N4. The molecule has 0 aliphatic heterocycles. The fourth-order valence-corrected chi connectivity index (χ4v) is 2.14. The van der Waals surface area contributed by atoms with Crippen molar-refractivity contribution in [3.63, 3.8) is 0 Å². The van der Waals surface area contributed by atoms with E-state index in [0.717, 1.165) is 18.1 Å². The van der Waals surface area contributed by atoms with Gasteiger partial charge in [-0.3, -0.25) is 9.97 Å². The van der Waals surface area contributed by atoms with Crippen LogP contribution in [0.15, 0.2) is 18.6 Å². The molecule has 0 fully saturated rings. The summed E-state index contributed by atoms with van der Waals surface area (Å²) in [4.78, 5) is 15.9. The zero-order valence-electron chi connectivity index (χ0n) is 12.9. The number of aromatic nitrogens is 4. The first-order valence-corrected chi connectivity index (χ1v) is 7.46. The van der Waals surface area contributed by atoms with Crippen molar-refractivity contribution in [2.75, 3.05) is 0 Å². The average molecular weight is 345 g/mol. The molecule has 4 nitrogen and oxygen atoms in total. The Hall–Kier alpha value is -1.76. The molecule has 0 saturated carbocycles. The molecule has 0 aliphatic carbocycles. The first-order valence-electron chi connectivity index (χ1n) is 7.09. The predicted octanol–water partition coefficient (Wildman–Crippen LogP) is 4.41. The molecule has 0 saturated heterocycles. The molecule has 2 aromatic heterocycles. The van der Waals surface area contributed by atoms with E-state index in [-0.39, 0.29) is 11.8 Å². The molecule has 0 bridgehead atoms. The van der Waals surface area contributed by atoms with Crippen molar-refractivity contribution in [2.24, 2.45) is 0 Å². The molecule has 2 rings (SSSR count). The largest absolute Gasteiger partial charge is 0.434 e. The zero-order valence-corrected chi connectivity index (χ0v) is 13.7. The van der Waals surface area contributed by atoms with Gasteiger partial charge in [0.05, 0.1) is 29.5 Å². The topological polar surface area (TPSA) is 51.6 Å². The zero-order chi connectivity index (χ0) is 17.2. The molecule has 0 N–H and O–H groups in total. The van der Waals surface area contributed by atoms with Crippen molar-refractivity contribution in [3.8, 4) is 0 Å². The van der Waals surface area contributed by atoms with Crippen LogP contribution in [0.2, 0.25) is 5.15 Å². The van der Waals surface area contributed by atoms with Gasteiger partial charge < -0.3 is 0 Å². The number of alkyl halides is 3. The number of halogens is 4. The third-order valence-corrected chi connectivity index (χ3v) is 3.69. The standard InChI is InChI=1S/C15H16ClF3N4/c1-8(2)11-5-22-14(16)10(23-11)4-9(3)12-6-21-13(7-20-12)15(17,18)19/h5-9H,4H2,1-3H3/t9-/m0/s1. The number of hydrogen-bond donors (Lipinski definition) is 0. The van der Waals surface area contributed by atoms with Crippen molar-refractivity contribution < 1.29 is 13.2 Å². The van der Waals surface area contributed by atoms with Crippen LogP contribution in [0, 0.1) is 0 Å². The molecule has 0 amide bonds. The quantitative estimate of drug-likeness (QED) is 0.824. The van der Waals surface area contributed by atoms with E-state index in [2.05, 4.69) is 19.9 Å². The SMILES string of the molecule is CC(C)c1cnc(Cl)c(C[C@H](C)c2cnc(C(F)(F)F)cn2)n1. The van der Waals surface area contributed by atoms with Crippen LogP contribution in [-0.4, -0.2) is 19.9 Å². The van der Waals surface area contributed by atoms with E-state index >= 15 is 0 Å². The smallest absolute Gasteiger partial charge is 0.257 e. The van der Waals surface area contributed by atoms with Gasteiger partial charge in [0.15, 0.2) is 10.8 Å². The summed E-state index contributed by atoms with van der Waals surface area (Å²) < 4.78 is 37.5. The lowest BCUT2D eigenvalue weighted by atomic mass is 10.0. The highest BCUT2D eigenvalue weighted by Crippen LogP contribution is 2.28. The van der Waals surface area contributed by atoms with Crippen molar-refractivity contribution in [2.45, 2.75) is 45.2 Å². The summed E-state index contributed by atoms with van der Waals surface area (Å²) in [7, 11) is 0. The number of nitrogens with zero attached hydrogens (tertiary/aromatic N) is 4. The molecule has 0 unspecified atom stereocenters. The van der Waals surface area contributed by atoms with Crippen LogP contribution in [0.1, 0.15) is 55.4 Å². The highest BCUT2D eigenvalue weighted by atomic mass is 35.5. The van der Waals surface area contributed by atoms with Gasteiger partial charge in [0.2, 0.25) is 0 Å². The van der Waals surface area contributed by atoms with Gasteiger partial charge in [-0.1, -0.05) is 32.4 Å². The Morgan fingerprint density at radius 2 is 1.65 bits per heavy atom. The Balaban J connectivity index is 2.19. The highest BCUT2D eigenvalue weighted by Gasteiger charge is 2.32. The molecule has 1 atom stereocenters. The van der Waals surface area contributed by atoms with Gasteiger partial charge in [-0.15, -0.1) is 0 Å². The minimum Gasteiger partial charge on any atom is -0.257 e. The van der Waals surface area contributed by atoms with Crippen molar-refractivity contribution in [1.82, 2.24) is 19.9 Å². The third kappa shape index (κ3) is 4.37. The maximum Gasteiger partial charge on any atom is 0.434 e. The van der Waals surface area contributed by atoms with E-state index in [1.807, 2.05) is 20.8 Å². The molecule has 0 aliphatic rings. The predicted molar refractivity (Wildman–Crippen MR) is 80.3 cm³/mol. The Morgan fingerprint density at radius 1 is 1.00 bits per heavy atom. The van der Waals surface area contributed by atoms with Crippen LogP contribution < -0.4 is 0 Å². The first kappa shape index (κ1) is 17.6. The molecular weight excluding hydrogens is 329 g/mol. The van der Waals surface area contributed by atoms with Crippen molar-refractivity contribution in [3.05, 3.63) is 46.5 Å². The lowest BCUT2D eigenvalue weighted by Gasteiger charge is -2.13. The first-order chi connectivity index (χ1) is 10.7. The molecule has 0 radical (unpaired) electrons. The Bertz CT molecular complexity index is 671. The normalized spacial score (nSPS) is 13.4. The van der Waals surface area contributed by atoms with E-state index in [4.69, 9.17) is 11.6 Å². The third-order valence-electron chi connectivity index (χ3n) is 3.37. The molecule has 0 spiro atoms. The van der Waals surface area contributed by atoms with Crippen LogP contribution in [0.3, 0.4) is 0 Å². The van der Waals surface area contributed by atoms with Gasteiger partial charge in [-0.2, -0.15) is 13.2 Å². The second-order valence-corrected chi connectivity index (χ2v) is 5.97. The van der Waals surface area contributed by atoms with Gasteiger partial charge in [0.1, 0.15) is 0 Å². The second-order valence-electron chi connectivity index (χ2n) is 5.62. The monoisotopic (exact) mass is 344 g/mol. The fourth-order valence-electron chi connectivity index (χ4n) is 1.97. The summed E-state index contributed by atoms with van der Waals surface area (Å²) in [5, 5.41) is 0.293. The van der Waals surface area contributed by atoms with Gasteiger partial charge >= 0.3 is 6.18 Å². The summed E-state index contributed by atoms with van der Waals surface area (Å²) in [6, 6.07) is 0. The van der Waals surface area contributed by atoms with Crippen molar-refractivity contribution in [1.29, 1.82) is 0 Å². The van der Waals surface area contributed by atoms with Crippen LogP contribution in [0.5, 0.6) is 0 Å². The molecule has 2 aromatic rings. The maximum atomic E-state index is 12.5. The van der Waals surface area contributed by atoms with E-state index in [1.165, 1.54) is 0 Å². The summed E-state index contributed by atoms with van der Waals surface area (Å²) in [5.74, 6) is 0.0266. The second kappa shape index (κ2) is 6.78. The van der Waals surface area contributed by atoms with Crippen LogP contribution in [0.25, 0.3) is 0 Å². The van der Waals surface area contributed by atoms with Crippen molar-refractivity contribution >= 4 is 11.6 Å². The fraction of sp³-hybridized carbons (Fsp3) is 0.467.